The van der Waals surface area contributed by atoms with Crippen LogP contribution in [0.3, 0.4) is 0 Å². The number of aromatic nitrogens is 3. The van der Waals surface area contributed by atoms with Gasteiger partial charge in [-0.2, -0.15) is 0 Å². The molecule has 0 aliphatic carbocycles. The number of nitrogens with zero attached hydrogens (tertiary/aromatic N) is 4. The molecule has 1 aromatic heterocycles. The lowest BCUT2D eigenvalue weighted by molar-refractivity contribution is 0.581. The maximum atomic E-state index is 13.6. The van der Waals surface area contributed by atoms with E-state index in [1.807, 2.05) is 0 Å². The van der Waals surface area contributed by atoms with Gasteiger partial charge in [0, 0.05) is 5.56 Å². The van der Waals surface area contributed by atoms with Crippen molar-refractivity contribution in [3.8, 4) is 0 Å². The Kier molecular flexibility index (Phi) is 2.02. The Bertz CT molecular complexity index is 559. The van der Waals surface area contributed by atoms with E-state index in [0.717, 1.165) is 5.69 Å². The smallest absolute Gasteiger partial charge is 0.132 e. The molecule has 5 heteroatoms. The maximum absolute atomic E-state index is 13.6. The van der Waals surface area contributed by atoms with E-state index in [1.54, 1.807) is 29.1 Å². The quantitative estimate of drug-likeness (QED) is 0.720. The number of rotatable bonds is 1. The van der Waals surface area contributed by atoms with Gasteiger partial charge in [0.15, 0.2) is 0 Å². The van der Waals surface area contributed by atoms with Gasteiger partial charge in [-0.05, 0) is 12.1 Å². The number of fused-ring (bicyclic) bond motifs is 1. The summed E-state index contributed by atoms with van der Waals surface area (Å²) < 4.78 is 15.4. The fourth-order valence-corrected chi connectivity index (χ4v) is 1.82. The van der Waals surface area contributed by atoms with Crippen molar-refractivity contribution in [2.45, 2.75) is 6.54 Å². The summed E-state index contributed by atoms with van der Waals surface area (Å²) >= 11 is 0. The lowest BCUT2D eigenvalue weighted by Gasteiger charge is -2.14. The van der Waals surface area contributed by atoms with Gasteiger partial charge in [-0.25, -0.2) is 9.07 Å². The third-order valence-corrected chi connectivity index (χ3v) is 2.57. The zero-order valence-electron chi connectivity index (χ0n) is 8.47. The summed E-state index contributed by atoms with van der Waals surface area (Å²) in [6, 6.07) is 6.61. The van der Waals surface area contributed by atoms with E-state index < -0.39 is 0 Å². The third-order valence-electron chi connectivity index (χ3n) is 2.57. The van der Waals surface area contributed by atoms with Gasteiger partial charge in [-0.1, -0.05) is 17.3 Å². The van der Waals surface area contributed by atoms with Crippen LogP contribution in [-0.2, 0) is 6.54 Å². The Morgan fingerprint density at radius 1 is 1.25 bits per heavy atom. The molecule has 0 amide bonds. The molecule has 16 heavy (non-hydrogen) atoms. The summed E-state index contributed by atoms with van der Waals surface area (Å²) in [4.78, 5) is 4.35. The van der Waals surface area contributed by atoms with Crippen LogP contribution >= 0.6 is 0 Å². The van der Waals surface area contributed by atoms with E-state index in [0.29, 0.717) is 24.4 Å². The third kappa shape index (κ3) is 1.32. The van der Waals surface area contributed by atoms with Gasteiger partial charge in [-0.15, -0.1) is 5.10 Å². The van der Waals surface area contributed by atoms with Crippen LogP contribution in [0.5, 0.6) is 0 Å². The van der Waals surface area contributed by atoms with Crippen LogP contribution in [0.4, 0.5) is 4.39 Å². The van der Waals surface area contributed by atoms with Crippen molar-refractivity contribution >= 4 is 5.71 Å². The molecule has 0 fully saturated rings. The minimum atomic E-state index is -0.268. The summed E-state index contributed by atoms with van der Waals surface area (Å²) in [5.74, 6) is -0.268. The first-order valence-corrected chi connectivity index (χ1v) is 5.04. The van der Waals surface area contributed by atoms with Crippen LogP contribution in [0.1, 0.15) is 11.3 Å². The van der Waals surface area contributed by atoms with Crippen LogP contribution in [0, 0.1) is 5.82 Å². The zero-order valence-corrected chi connectivity index (χ0v) is 8.47. The minimum Gasteiger partial charge on any atom is -0.280 e. The van der Waals surface area contributed by atoms with E-state index in [1.165, 1.54) is 6.07 Å². The first-order valence-electron chi connectivity index (χ1n) is 5.04. The van der Waals surface area contributed by atoms with E-state index in [-0.39, 0.29) is 5.82 Å². The molecule has 2 heterocycles. The highest BCUT2D eigenvalue weighted by molar-refractivity contribution is 6.12. The largest absolute Gasteiger partial charge is 0.280 e. The summed E-state index contributed by atoms with van der Waals surface area (Å²) in [7, 11) is 0. The van der Waals surface area contributed by atoms with Crippen LogP contribution in [0.2, 0.25) is 0 Å². The Morgan fingerprint density at radius 2 is 2.12 bits per heavy atom. The van der Waals surface area contributed by atoms with Gasteiger partial charge in [0.05, 0.1) is 25.0 Å². The van der Waals surface area contributed by atoms with Gasteiger partial charge in [-0.3, -0.25) is 4.99 Å². The molecule has 0 saturated heterocycles. The zero-order chi connectivity index (χ0) is 11.0. The second-order valence-electron chi connectivity index (χ2n) is 3.55. The van der Waals surface area contributed by atoms with E-state index in [4.69, 9.17) is 0 Å². The molecule has 1 aliphatic heterocycles. The van der Waals surface area contributed by atoms with Crippen molar-refractivity contribution in [1.29, 1.82) is 0 Å². The molecule has 0 spiro atoms. The van der Waals surface area contributed by atoms with Gasteiger partial charge >= 0.3 is 0 Å². The average molecular weight is 216 g/mol. The van der Waals surface area contributed by atoms with Crippen LogP contribution in [0.15, 0.2) is 35.5 Å². The first kappa shape index (κ1) is 9.21. The Labute approximate surface area is 91.4 Å². The molecule has 0 atom stereocenters. The number of aliphatic imine (C=N–C) groups is 1. The van der Waals surface area contributed by atoms with Gasteiger partial charge < -0.3 is 0 Å². The van der Waals surface area contributed by atoms with Crippen molar-refractivity contribution in [2.24, 2.45) is 4.99 Å². The summed E-state index contributed by atoms with van der Waals surface area (Å²) in [5, 5.41) is 7.74. The highest BCUT2D eigenvalue weighted by Crippen LogP contribution is 2.16. The van der Waals surface area contributed by atoms with E-state index in [9.17, 15) is 4.39 Å². The van der Waals surface area contributed by atoms with Crippen LogP contribution in [-0.4, -0.2) is 27.3 Å². The predicted molar refractivity (Wildman–Crippen MR) is 56.9 cm³/mol. The van der Waals surface area contributed by atoms with Crippen molar-refractivity contribution in [1.82, 2.24) is 15.0 Å². The fraction of sp³-hybridized carbons (Fsp3) is 0.182. The number of hydrogen-bond acceptors (Lipinski definition) is 3. The lowest BCUT2D eigenvalue weighted by Crippen LogP contribution is -2.20. The second-order valence-corrected chi connectivity index (χ2v) is 3.55. The first-order chi connectivity index (χ1) is 7.86. The van der Waals surface area contributed by atoms with Crippen molar-refractivity contribution < 1.29 is 4.39 Å². The molecule has 80 valence electrons. The summed E-state index contributed by atoms with van der Waals surface area (Å²) in [6.45, 7) is 1.31. The van der Waals surface area contributed by atoms with Crippen LogP contribution in [0.25, 0.3) is 0 Å². The molecule has 0 saturated carbocycles. The molecular weight excluding hydrogens is 207 g/mol. The highest BCUT2D eigenvalue weighted by Gasteiger charge is 2.19. The van der Waals surface area contributed by atoms with Crippen molar-refractivity contribution in [2.75, 3.05) is 6.54 Å². The summed E-state index contributed by atoms with van der Waals surface area (Å²) in [6.07, 6.45) is 1.62. The maximum Gasteiger partial charge on any atom is 0.132 e. The molecule has 4 nitrogen and oxygen atoms in total. The molecule has 3 rings (SSSR count). The standard InChI is InChI=1S/C11H9FN4/c12-9-4-2-1-3-8(9)11-10-7-14-15-16(10)6-5-13-11/h1-4,7H,5-6H2. The minimum absolute atomic E-state index is 0.268. The number of benzene rings is 1. The monoisotopic (exact) mass is 216 g/mol. The normalized spacial score (nSPS) is 14.4. The summed E-state index contributed by atoms with van der Waals surface area (Å²) in [5.41, 5.74) is 1.91. The molecule has 1 aliphatic rings. The topological polar surface area (TPSA) is 43.1 Å². The second kappa shape index (κ2) is 3.52. The Balaban J connectivity index is 2.16. The van der Waals surface area contributed by atoms with Gasteiger partial charge in [0.25, 0.3) is 0 Å². The SMILES string of the molecule is Fc1ccccc1C1=NCCn2nncc21. The lowest BCUT2D eigenvalue weighted by atomic mass is 10.1. The average Bonchev–Trinajstić information content (AvgIpc) is 2.77. The van der Waals surface area contributed by atoms with E-state index in [2.05, 4.69) is 15.3 Å². The predicted octanol–water partition coefficient (Wildman–Crippen LogP) is 1.27. The molecule has 2 aromatic rings. The Morgan fingerprint density at radius 3 is 3.00 bits per heavy atom. The molecule has 0 N–H and O–H groups in total. The van der Waals surface area contributed by atoms with Crippen LogP contribution < -0.4 is 0 Å². The van der Waals surface area contributed by atoms with Gasteiger partial charge in [0.2, 0.25) is 0 Å². The molecule has 0 unspecified atom stereocenters. The van der Waals surface area contributed by atoms with E-state index >= 15 is 0 Å². The fourth-order valence-electron chi connectivity index (χ4n) is 1.82. The van der Waals surface area contributed by atoms with Crippen molar-refractivity contribution in [3.05, 3.63) is 47.5 Å². The Hall–Kier alpha value is -2.04. The number of halogens is 1. The van der Waals surface area contributed by atoms with Gasteiger partial charge in [0.1, 0.15) is 11.5 Å². The molecule has 0 radical (unpaired) electrons. The molecule has 1 aromatic carbocycles. The molecular formula is C11H9FN4. The van der Waals surface area contributed by atoms with Crippen molar-refractivity contribution in [3.63, 3.8) is 0 Å². The highest BCUT2D eigenvalue weighted by atomic mass is 19.1. The molecule has 0 bridgehead atoms. The number of hydrogen-bond donors (Lipinski definition) is 0.